The van der Waals surface area contributed by atoms with Gasteiger partial charge in [0.05, 0.1) is 29.4 Å². The van der Waals surface area contributed by atoms with Gasteiger partial charge in [-0.2, -0.15) is 5.10 Å². The number of nitrogens with zero attached hydrogens (tertiary/aromatic N) is 5. The van der Waals surface area contributed by atoms with Crippen molar-refractivity contribution in [3.63, 3.8) is 0 Å². The number of imidazole rings is 1. The van der Waals surface area contributed by atoms with Crippen LogP contribution in [-0.2, 0) is 0 Å². The number of pyridine rings is 2. The van der Waals surface area contributed by atoms with Crippen molar-refractivity contribution in [1.82, 2.24) is 24.1 Å². The third-order valence-corrected chi connectivity index (χ3v) is 5.79. The Morgan fingerprint density at radius 1 is 1.10 bits per heavy atom. The summed E-state index contributed by atoms with van der Waals surface area (Å²) in [5.74, 6) is 0.790. The average molecular weight is 403 g/mol. The van der Waals surface area contributed by atoms with Crippen LogP contribution in [0.4, 0.5) is 5.69 Å². The third kappa shape index (κ3) is 3.57. The summed E-state index contributed by atoms with van der Waals surface area (Å²) >= 11 is 0. The minimum atomic E-state index is -0.201. The molecule has 30 heavy (non-hydrogen) atoms. The van der Waals surface area contributed by atoms with E-state index in [0.717, 1.165) is 65.5 Å². The lowest BCUT2D eigenvalue weighted by Gasteiger charge is -2.27. The molecule has 0 radical (unpaired) electrons. The quantitative estimate of drug-likeness (QED) is 0.541. The predicted octanol–water partition coefficient (Wildman–Crippen LogP) is 3.91. The molecular weight excluding hydrogens is 376 g/mol. The van der Waals surface area contributed by atoms with Crippen LogP contribution >= 0.6 is 0 Å². The molecule has 4 aromatic rings. The van der Waals surface area contributed by atoms with E-state index in [1.54, 1.807) is 0 Å². The van der Waals surface area contributed by atoms with Gasteiger partial charge >= 0.3 is 0 Å². The van der Waals surface area contributed by atoms with Crippen molar-refractivity contribution in [3.8, 4) is 17.1 Å². The summed E-state index contributed by atoms with van der Waals surface area (Å²) < 4.78 is 3.96. The van der Waals surface area contributed by atoms with Gasteiger partial charge in [0.25, 0.3) is 0 Å². The van der Waals surface area contributed by atoms with Gasteiger partial charge in [0.15, 0.2) is 5.82 Å². The highest BCUT2D eigenvalue weighted by atomic mass is 16.3. The van der Waals surface area contributed by atoms with Crippen LogP contribution in [0.25, 0.3) is 22.7 Å². The first kappa shape index (κ1) is 18.8. The number of fused-ring (bicyclic) bond motifs is 1. The van der Waals surface area contributed by atoms with Crippen molar-refractivity contribution in [3.05, 3.63) is 60.3 Å². The molecule has 4 heterocycles. The van der Waals surface area contributed by atoms with Gasteiger partial charge in [0.1, 0.15) is 5.65 Å². The SMILES string of the molecule is Cc1cc(C)n(-c2cc(-c3cnc4ccc(NC5CCCC(O)C5)cn34)ccn2)n1. The summed E-state index contributed by atoms with van der Waals surface area (Å²) in [6.07, 6.45) is 9.44. The summed E-state index contributed by atoms with van der Waals surface area (Å²) in [4.78, 5) is 9.08. The smallest absolute Gasteiger partial charge is 0.154 e. The lowest BCUT2D eigenvalue weighted by atomic mass is 9.93. The first-order chi connectivity index (χ1) is 14.6. The molecule has 1 aliphatic rings. The zero-order valence-corrected chi connectivity index (χ0v) is 17.3. The molecule has 0 aliphatic heterocycles. The molecule has 7 nitrogen and oxygen atoms in total. The molecule has 2 N–H and O–H groups in total. The number of hydrogen-bond acceptors (Lipinski definition) is 5. The normalized spacial score (nSPS) is 19.3. The summed E-state index contributed by atoms with van der Waals surface area (Å²) in [5.41, 5.74) is 5.99. The number of aliphatic hydroxyl groups excluding tert-OH is 1. The van der Waals surface area contributed by atoms with E-state index < -0.39 is 0 Å². The van der Waals surface area contributed by atoms with Crippen molar-refractivity contribution < 1.29 is 5.11 Å². The summed E-state index contributed by atoms with van der Waals surface area (Å²) in [6.45, 7) is 4.01. The summed E-state index contributed by atoms with van der Waals surface area (Å²) in [6, 6.07) is 10.5. The molecule has 0 spiro atoms. The van der Waals surface area contributed by atoms with Crippen LogP contribution in [0, 0.1) is 13.8 Å². The minimum Gasteiger partial charge on any atom is -0.393 e. The first-order valence-corrected chi connectivity index (χ1v) is 10.5. The lowest BCUT2D eigenvalue weighted by molar-refractivity contribution is 0.124. The Kier molecular flexibility index (Phi) is 4.75. The van der Waals surface area contributed by atoms with Crippen molar-refractivity contribution in [2.45, 2.75) is 51.7 Å². The zero-order valence-electron chi connectivity index (χ0n) is 17.3. The Morgan fingerprint density at radius 3 is 2.80 bits per heavy atom. The minimum absolute atomic E-state index is 0.201. The molecule has 2 unspecified atom stereocenters. The van der Waals surface area contributed by atoms with Crippen molar-refractivity contribution >= 4 is 11.3 Å². The van der Waals surface area contributed by atoms with Crippen LogP contribution in [-0.4, -0.2) is 41.4 Å². The van der Waals surface area contributed by atoms with Crippen molar-refractivity contribution in [1.29, 1.82) is 0 Å². The molecule has 0 amide bonds. The Balaban J connectivity index is 1.49. The van der Waals surface area contributed by atoms with Gasteiger partial charge in [0.2, 0.25) is 0 Å². The molecule has 0 saturated heterocycles. The fourth-order valence-electron chi connectivity index (χ4n) is 4.36. The number of aliphatic hydroxyl groups is 1. The second-order valence-corrected chi connectivity index (χ2v) is 8.19. The van der Waals surface area contributed by atoms with E-state index in [4.69, 9.17) is 0 Å². The highest BCUT2D eigenvalue weighted by Gasteiger charge is 2.20. The fourth-order valence-corrected chi connectivity index (χ4v) is 4.36. The highest BCUT2D eigenvalue weighted by molar-refractivity contribution is 5.66. The molecule has 2 atom stereocenters. The van der Waals surface area contributed by atoms with Crippen LogP contribution in [0.1, 0.15) is 37.1 Å². The van der Waals surface area contributed by atoms with Crippen LogP contribution < -0.4 is 5.32 Å². The maximum absolute atomic E-state index is 9.96. The maximum atomic E-state index is 9.96. The van der Waals surface area contributed by atoms with E-state index in [9.17, 15) is 5.11 Å². The highest BCUT2D eigenvalue weighted by Crippen LogP contribution is 2.26. The van der Waals surface area contributed by atoms with Gasteiger partial charge in [-0.15, -0.1) is 0 Å². The van der Waals surface area contributed by atoms with Gasteiger partial charge in [0, 0.05) is 29.7 Å². The van der Waals surface area contributed by atoms with Crippen LogP contribution in [0.5, 0.6) is 0 Å². The zero-order chi connectivity index (χ0) is 20.7. The van der Waals surface area contributed by atoms with E-state index in [0.29, 0.717) is 6.04 Å². The number of aryl methyl sites for hydroxylation is 2. The second-order valence-electron chi connectivity index (χ2n) is 8.19. The van der Waals surface area contributed by atoms with Gasteiger partial charge in [-0.25, -0.2) is 14.6 Å². The maximum Gasteiger partial charge on any atom is 0.154 e. The molecule has 4 aromatic heterocycles. The van der Waals surface area contributed by atoms with Gasteiger partial charge in [-0.1, -0.05) is 0 Å². The Bertz CT molecular complexity index is 1190. The predicted molar refractivity (Wildman–Crippen MR) is 117 cm³/mol. The van der Waals surface area contributed by atoms with E-state index in [-0.39, 0.29) is 6.10 Å². The molecule has 154 valence electrons. The van der Waals surface area contributed by atoms with E-state index in [1.165, 1.54) is 0 Å². The topological polar surface area (TPSA) is 80.3 Å². The van der Waals surface area contributed by atoms with Crippen molar-refractivity contribution in [2.24, 2.45) is 0 Å². The average Bonchev–Trinajstić information content (AvgIpc) is 3.30. The van der Waals surface area contributed by atoms with E-state index >= 15 is 0 Å². The Labute approximate surface area is 175 Å². The summed E-state index contributed by atoms with van der Waals surface area (Å²) in [7, 11) is 0. The second kappa shape index (κ2) is 7.57. The third-order valence-electron chi connectivity index (χ3n) is 5.79. The number of rotatable bonds is 4. The van der Waals surface area contributed by atoms with E-state index in [2.05, 4.69) is 37.0 Å². The molecular formula is C23H26N6O. The molecule has 7 heteroatoms. The Hall–Kier alpha value is -3.19. The standard InChI is InChI=1S/C23H26N6O/c1-15-10-16(2)29(27-15)23-11-17(8-9-24-23)21-13-25-22-7-6-19(14-28(21)22)26-18-4-3-5-20(30)12-18/h6-11,13-14,18,20,26,30H,3-5,12H2,1-2H3. The van der Waals surface area contributed by atoms with Crippen molar-refractivity contribution in [2.75, 3.05) is 5.32 Å². The molecule has 0 aromatic carbocycles. The van der Waals surface area contributed by atoms with Crippen LogP contribution in [0.3, 0.4) is 0 Å². The van der Waals surface area contributed by atoms with Gasteiger partial charge in [-0.3, -0.25) is 4.40 Å². The fraction of sp³-hybridized carbons (Fsp3) is 0.348. The monoisotopic (exact) mass is 402 g/mol. The van der Waals surface area contributed by atoms with Crippen LogP contribution in [0.15, 0.2) is 48.9 Å². The largest absolute Gasteiger partial charge is 0.393 e. The molecule has 1 fully saturated rings. The number of anilines is 1. The number of aromatic nitrogens is 5. The summed E-state index contributed by atoms with van der Waals surface area (Å²) in [5, 5.41) is 18.1. The van der Waals surface area contributed by atoms with Gasteiger partial charge in [-0.05, 0) is 69.9 Å². The van der Waals surface area contributed by atoms with Crippen LogP contribution in [0.2, 0.25) is 0 Å². The lowest BCUT2D eigenvalue weighted by Crippen LogP contribution is -2.29. The number of hydrogen-bond donors (Lipinski definition) is 2. The molecule has 0 bridgehead atoms. The first-order valence-electron chi connectivity index (χ1n) is 10.5. The molecule has 1 saturated carbocycles. The van der Waals surface area contributed by atoms with Gasteiger partial charge < -0.3 is 10.4 Å². The number of nitrogens with one attached hydrogen (secondary N) is 1. The Morgan fingerprint density at radius 2 is 2.00 bits per heavy atom. The molecule has 1 aliphatic carbocycles. The van der Waals surface area contributed by atoms with E-state index in [1.807, 2.05) is 55.2 Å². The molecule has 5 rings (SSSR count).